The van der Waals surface area contributed by atoms with E-state index in [4.69, 9.17) is 25.8 Å². The summed E-state index contributed by atoms with van der Waals surface area (Å²) in [5, 5.41) is 6.42. The van der Waals surface area contributed by atoms with Crippen LogP contribution in [0, 0.1) is 0 Å². The number of hydrogen-bond acceptors (Lipinski definition) is 9. The topological polar surface area (TPSA) is 129 Å². The lowest BCUT2D eigenvalue weighted by molar-refractivity contribution is -0.146. The molecule has 0 radical (unpaired) electrons. The minimum Gasteiger partial charge on any atom is -0.473 e. The quantitative estimate of drug-likeness (QED) is 0.161. The van der Waals surface area contributed by atoms with Crippen LogP contribution in [-0.4, -0.2) is 47.1 Å². The Morgan fingerprint density at radius 1 is 0.864 bits per heavy atom. The van der Waals surface area contributed by atoms with E-state index in [0.717, 1.165) is 11.1 Å². The second-order valence-electron chi connectivity index (χ2n) is 9.49. The van der Waals surface area contributed by atoms with Gasteiger partial charge >= 0.3 is 11.9 Å². The fourth-order valence-corrected chi connectivity index (χ4v) is 4.33. The molecule has 1 amide bonds. The van der Waals surface area contributed by atoms with Gasteiger partial charge in [0.05, 0.1) is 18.9 Å². The zero-order valence-electron chi connectivity index (χ0n) is 24.4. The highest BCUT2D eigenvalue weighted by Crippen LogP contribution is 2.26. The molecule has 4 rings (SSSR count). The Morgan fingerprint density at radius 3 is 2.27 bits per heavy atom. The molecule has 10 nitrogen and oxygen atoms in total. The first-order valence-electron chi connectivity index (χ1n) is 14.2. The van der Waals surface area contributed by atoms with Crippen molar-refractivity contribution < 1.29 is 28.6 Å². The Balaban J connectivity index is 1.48. The summed E-state index contributed by atoms with van der Waals surface area (Å²) in [5.41, 5.74) is 3.29. The monoisotopic (exact) mass is 616 g/mol. The van der Waals surface area contributed by atoms with Crippen molar-refractivity contribution in [2.75, 3.05) is 18.5 Å². The zero-order valence-corrected chi connectivity index (χ0v) is 25.2. The minimum atomic E-state index is -0.997. The van der Waals surface area contributed by atoms with Gasteiger partial charge in [0.1, 0.15) is 12.6 Å². The van der Waals surface area contributed by atoms with Gasteiger partial charge in [0.25, 0.3) is 5.91 Å². The Bertz CT molecular complexity index is 1570. The van der Waals surface area contributed by atoms with E-state index < -0.39 is 23.9 Å². The van der Waals surface area contributed by atoms with Crippen LogP contribution in [0.1, 0.15) is 42.6 Å². The summed E-state index contributed by atoms with van der Waals surface area (Å²) in [7, 11) is 0. The highest BCUT2D eigenvalue weighted by molar-refractivity contribution is 6.31. The van der Waals surface area contributed by atoms with E-state index in [9.17, 15) is 14.4 Å². The third kappa shape index (κ3) is 9.27. The number of aromatic nitrogens is 2. The number of hydrogen-bond donors (Lipinski definition) is 2. The summed E-state index contributed by atoms with van der Waals surface area (Å²) in [6, 6.07) is 24.4. The Labute approximate surface area is 260 Å². The van der Waals surface area contributed by atoms with Gasteiger partial charge in [-0.05, 0) is 50.6 Å². The van der Waals surface area contributed by atoms with Gasteiger partial charge in [-0.25, -0.2) is 9.78 Å². The predicted molar refractivity (Wildman–Crippen MR) is 167 cm³/mol. The Morgan fingerprint density at radius 2 is 1.57 bits per heavy atom. The fraction of sp³-hybridized carbons (Fsp3) is 0.242. The van der Waals surface area contributed by atoms with Crippen molar-refractivity contribution in [2.45, 2.75) is 39.3 Å². The number of amides is 1. The standard InChI is InChI=1S/C33H33ClN4O6/c1-3-42-30(39)19-18-27(32(41)43-4-2)36-31(40)23-14-16-25(17-15-23)35-33-37-28(22-10-6-5-7-11-22)20-29(38-33)44-21-24-12-8-9-13-26(24)34/h5-17,20,27H,3-4,18-19,21H2,1-2H3,(H,36,40)(H,35,37,38)/t27-/m0/s1. The first kappa shape index (κ1) is 32.0. The molecular formula is C33H33ClN4O6. The van der Waals surface area contributed by atoms with Crippen LogP contribution in [0.5, 0.6) is 5.88 Å². The van der Waals surface area contributed by atoms with Crippen LogP contribution < -0.4 is 15.4 Å². The van der Waals surface area contributed by atoms with Gasteiger partial charge in [-0.15, -0.1) is 0 Å². The maximum Gasteiger partial charge on any atom is 0.328 e. The Hall–Kier alpha value is -4.96. The zero-order chi connectivity index (χ0) is 31.3. The number of carbonyl (C=O) groups is 3. The maximum absolute atomic E-state index is 13.0. The molecule has 0 saturated heterocycles. The molecule has 0 unspecified atom stereocenters. The van der Waals surface area contributed by atoms with Crippen molar-refractivity contribution in [1.82, 2.24) is 15.3 Å². The van der Waals surface area contributed by atoms with Crippen LogP contribution in [0.3, 0.4) is 0 Å². The van der Waals surface area contributed by atoms with E-state index >= 15 is 0 Å². The van der Waals surface area contributed by atoms with Crippen molar-refractivity contribution in [1.29, 1.82) is 0 Å². The van der Waals surface area contributed by atoms with Gasteiger partial charge in [-0.3, -0.25) is 9.59 Å². The van der Waals surface area contributed by atoms with Crippen LogP contribution in [-0.2, 0) is 25.7 Å². The van der Waals surface area contributed by atoms with Crippen LogP contribution in [0.4, 0.5) is 11.6 Å². The van der Waals surface area contributed by atoms with E-state index in [1.807, 2.05) is 48.5 Å². The van der Waals surface area contributed by atoms with Crippen LogP contribution >= 0.6 is 11.6 Å². The number of nitrogens with zero attached hydrogens (tertiary/aromatic N) is 2. The number of carbonyl (C=O) groups excluding carboxylic acids is 3. The number of esters is 2. The van der Waals surface area contributed by atoms with Crippen LogP contribution in [0.2, 0.25) is 5.02 Å². The van der Waals surface area contributed by atoms with Gasteiger partial charge in [0.15, 0.2) is 0 Å². The van der Waals surface area contributed by atoms with E-state index in [1.54, 1.807) is 50.2 Å². The summed E-state index contributed by atoms with van der Waals surface area (Å²) < 4.78 is 16.0. The van der Waals surface area contributed by atoms with Gasteiger partial charge in [-0.2, -0.15) is 4.98 Å². The van der Waals surface area contributed by atoms with E-state index in [1.165, 1.54) is 0 Å². The predicted octanol–water partition coefficient (Wildman–Crippen LogP) is 6.12. The van der Waals surface area contributed by atoms with E-state index in [0.29, 0.717) is 33.8 Å². The lowest BCUT2D eigenvalue weighted by Gasteiger charge is -2.17. The molecule has 1 heterocycles. The van der Waals surface area contributed by atoms with Crippen molar-refractivity contribution in [3.63, 3.8) is 0 Å². The molecule has 4 aromatic rings. The smallest absolute Gasteiger partial charge is 0.328 e. The van der Waals surface area contributed by atoms with Crippen LogP contribution in [0.25, 0.3) is 11.3 Å². The maximum atomic E-state index is 13.0. The summed E-state index contributed by atoms with van der Waals surface area (Å²) in [5.74, 6) is -0.922. The largest absolute Gasteiger partial charge is 0.473 e. The first-order valence-corrected chi connectivity index (χ1v) is 14.5. The SMILES string of the molecule is CCOC(=O)CC[C@H](NC(=O)c1ccc(Nc2nc(OCc3ccccc3Cl)cc(-c3ccccc3)n2)cc1)C(=O)OCC. The fourth-order valence-electron chi connectivity index (χ4n) is 4.14. The number of anilines is 2. The third-order valence-corrected chi connectivity index (χ3v) is 6.70. The molecule has 0 aliphatic carbocycles. The van der Waals surface area contributed by atoms with Crippen LogP contribution in [0.15, 0.2) is 84.9 Å². The van der Waals surface area contributed by atoms with Crippen molar-refractivity contribution in [3.05, 3.63) is 101 Å². The number of ether oxygens (including phenoxy) is 3. The molecule has 0 aliphatic rings. The van der Waals surface area contributed by atoms with E-state index in [-0.39, 0.29) is 32.7 Å². The molecule has 0 spiro atoms. The van der Waals surface area contributed by atoms with Gasteiger partial charge in [0, 0.05) is 39.9 Å². The molecule has 0 aliphatic heterocycles. The average Bonchev–Trinajstić information content (AvgIpc) is 3.03. The summed E-state index contributed by atoms with van der Waals surface area (Å²) >= 11 is 6.29. The van der Waals surface area contributed by atoms with Gasteiger partial charge in [-0.1, -0.05) is 60.1 Å². The molecule has 0 bridgehead atoms. The number of rotatable bonds is 14. The van der Waals surface area contributed by atoms with E-state index in [2.05, 4.69) is 20.6 Å². The molecule has 2 N–H and O–H groups in total. The van der Waals surface area contributed by atoms with Crippen molar-refractivity contribution in [3.8, 4) is 17.1 Å². The molecule has 0 saturated carbocycles. The molecule has 0 fully saturated rings. The Kier molecular flexibility index (Phi) is 11.7. The molecule has 11 heteroatoms. The van der Waals surface area contributed by atoms with Crippen molar-refractivity contribution in [2.24, 2.45) is 0 Å². The van der Waals surface area contributed by atoms with Crippen molar-refractivity contribution >= 4 is 41.1 Å². The number of benzene rings is 3. The molecule has 1 atom stereocenters. The molecular weight excluding hydrogens is 584 g/mol. The highest BCUT2D eigenvalue weighted by Gasteiger charge is 2.24. The average molecular weight is 617 g/mol. The summed E-state index contributed by atoms with van der Waals surface area (Å²) in [6.45, 7) is 3.96. The normalized spacial score (nSPS) is 11.2. The molecule has 1 aromatic heterocycles. The van der Waals surface area contributed by atoms with Gasteiger partial charge in [0.2, 0.25) is 11.8 Å². The lowest BCUT2D eigenvalue weighted by Crippen LogP contribution is -2.42. The molecule has 3 aromatic carbocycles. The first-order chi connectivity index (χ1) is 21.4. The number of halogens is 1. The summed E-state index contributed by atoms with van der Waals surface area (Å²) in [6.07, 6.45) is 0.0195. The highest BCUT2D eigenvalue weighted by atomic mass is 35.5. The minimum absolute atomic E-state index is 0.0351. The second kappa shape index (κ2) is 16.0. The van der Waals surface area contributed by atoms with Gasteiger partial charge < -0.3 is 24.8 Å². The molecule has 228 valence electrons. The summed E-state index contributed by atoms with van der Waals surface area (Å²) in [4.78, 5) is 46.3. The molecule has 44 heavy (non-hydrogen) atoms. The lowest BCUT2D eigenvalue weighted by atomic mass is 10.1. The third-order valence-electron chi connectivity index (χ3n) is 6.33. The second-order valence-corrected chi connectivity index (χ2v) is 9.89. The number of nitrogens with one attached hydrogen (secondary N) is 2.